The van der Waals surface area contributed by atoms with Gasteiger partial charge in [0.05, 0.1) is 18.0 Å². The number of sulfonamides is 1. The van der Waals surface area contributed by atoms with Crippen molar-refractivity contribution < 1.29 is 22.7 Å². The van der Waals surface area contributed by atoms with Gasteiger partial charge in [-0.25, -0.2) is 17.8 Å². The van der Waals surface area contributed by atoms with Crippen LogP contribution in [-0.4, -0.2) is 59.7 Å². The number of allylic oxidation sites excluding steroid dienone is 2. The van der Waals surface area contributed by atoms with E-state index in [1.807, 2.05) is 0 Å². The predicted molar refractivity (Wildman–Crippen MR) is 168 cm³/mol. The van der Waals surface area contributed by atoms with Crippen molar-refractivity contribution in [2.45, 2.75) is 69.6 Å². The van der Waals surface area contributed by atoms with Crippen molar-refractivity contribution >= 4 is 21.6 Å². The van der Waals surface area contributed by atoms with E-state index in [1.165, 1.54) is 11.1 Å². The monoisotopic (exact) mass is 632 g/mol. The number of carbonyl (C=O) groups is 1. The summed E-state index contributed by atoms with van der Waals surface area (Å²) in [7, 11) is -1.98. The van der Waals surface area contributed by atoms with Gasteiger partial charge in [-0.15, -0.1) is 5.10 Å². The predicted octanol–water partition coefficient (Wildman–Crippen LogP) is 4.05. The van der Waals surface area contributed by atoms with Crippen LogP contribution < -0.4 is 14.4 Å². The number of ether oxygens (including phenoxy) is 2. The first-order valence-electron chi connectivity index (χ1n) is 16.0. The summed E-state index contributed by atoms with van der Waals surface area (Å²) < 4.78 is 43.0. The van der Waals surface area contributed by atoms with E-state index in [-0.39, 0.29) is 35.5 Å². The molecule has 1 fully saturated rings. The fourth-order valence-electron chi connectivity index (χ4n) is 7.50. The zero-order valence-electron chi connectivity index (χ0n) is 25.6. The molecule has 2 aliphatic heterocycles. The fraction of sp³-hybridized carbons (Fsp3) is 0.515. The lowest BCUT2D eigenvalue weighted by atomic mass is 9.68. The second-order valence-corrected chi connectivity index (χ2v) is 14.8. The van der Waals surface area contributed by atoms with E-state index in [1.54, 1.807) is 29.9 Å². The average Bonchev–Trinajstić information content (AvgIpc) is 3.36. The van der Waals surface area contributed by atoms with Gasteiger partial charge in [-0.1, -0.05) is 36.4 Å². The molecule has 7 rings (SSSR count). The molecule has 2 aromatic carbocycles. The van der Waals surface area contributed by atoms with Gasteiger partial charge in [0.2, 0.25) is 10.0 Å². The number of hydrogen-bond donors (Lipinski definition) is 1. The second-order valence-electron chi connectivity index (χ2n) is 12.9. The van der Waals surface area contributed by atoms with E-state index >= 15 is 0 Å². The molecule has 2 bridgehead atoms. The molecule has 0 saturated heterocycles. The Balaban J connectivity index is 1.35. The molecule has 1 N–H and O–H groups in total. The maximum atomic E-state index is 13.4. The zero-order valence-corrected chi connectivity index (χ0v) is 26.4. The SMILES string of the molecule is Cn1nnnc1COC1C2CCC2CC=CCCCS(=O)(=O)NC(=O)c2ccc3c(c2)N1CC1(CCCc2ccccc21)CO3. The van der Waals surface area contributed by atoms with E-state index in [4.69, 9.17) is 9.47 Å². The Morgan fingerprint density at radius 1 is 1.13 bits per heavy atom. The summed E-state index contributed by atoms with van der Waals surface area (Å²) in [6.45, 7) is 1.34. The van der Waals surface area contributed by atoms with E-state index < -0.39 is 15.9 Å². The van der Waals surface area contributed by atoms with Crippen molar-refractivity contribution in [1.29, 1.82) is 0 Å². The molecule has 4 atom stereocenters. The Morgan fingerprint density at radius 2 is 2.02 bits per heavy atom. The highest BCUT2D eigenvalue weighted by atomic mass is 32.2. The van der Waals surface area contributed by atoms with Gasteiger partial charge in [-0.3, -0.25) is 4.79 Å². The summed E-state index contributed by atoms with van der Waals surface area (Å²) in [6, 6.07) is 13.9. The number of benzene rings is 2. The number of rotatable bonds is 3. The molecule has 45 heavy (non-hydrogen) atoms. The van der Waals surface area contributed by atoms with Crippen LogP contribution in [0.5, 0.6) is 5.75 Å². The van der Waals surface area contributed by atoms with Crippen LogP contribution in [0, 0.1) is 11.8 Å². The summed E-state index contributed by atoms with van der Waals surface area (Å²) >= 11 is 0. The lowest BCUT2D eigenvalue weighted by Crippen LogP contribution is -2.54. The number of fused-ring (bicyclic) bond motifs is 4. The van der Waals surface area contributed by atoms with Gasteiger partial charge in [-0.05, 0) is 97.0 Å². The highest BCUT2D eigenvalue weighted by Crippen LogP contribution is 2.49. The van der Waals surface area contributed by atoms with Crippen LogP contribution in [0.2, 0.25) is 0 Å². The summed E-state index contributed by atoms with van der Waals surface area (Å²) in [5, 5.41) is 12.0. The van der Waals surface area contributed by atoms with Crippen LogP contribution in [-0.2, 0) is 40.3 Å². The van der Waals surface area contributed by atoms with Crippen molar-refractivity contribution in [3.63, 3.8) is 0 Å². The molecule has 12 heteroatoms. The summed E-state index contributed by atoms with van der Waals surface area (Å²) in [5.74, 6) is 1.15. The highest BCUT2D eigenvalue weighted by molar-refractivity contribution is 7.90. The Hall–Kier alpha value is -3.77. The standard InChI is InChI=1S/C33H40N6O5S/c1-38-30(34-36-37-38)20-43-32-26-15-13-23(26)9-4-2-3-7-18-45(41,42)35-31(40)25-14-16-29-28(19-25)39(32)21-33(22-44-29)17-8-11-24-10-5-6-12-27(24)33/h2,4-6,10,12,14,16,19,23,26,32H,3,7-9,11,13,15,17-18,20-22H2,1H3,(H,35,40). The number of aromatic nitrogens is 4. The molecule has 1 amide bonds. The first kappa shape index (κ1) is 29.9. The number of anilines is 1. The van der Waals surface area contributed by atoms with Crippen molar-refractivity contribution in [3.05, 3.63) is 77.1 Å². The van der Waals surface area contributed by atoms with Gasteiger partial charge < -0.3 is 14.4 Å². The largest absolute Gasteiger partial charge is 0.490 e. The number of tetrazole rings is 1. The summed E-state index contributed by atoms with van der Waals surface area (Å²) in [5.41, 5.74) is 3.33. The topological polar surface area (TPSA) is 129 Å². The van der Waals surface area contributed by atoms with Gasteiger partial charge >= 0.3 is 0 Å². The van der Waals surface area contributed by atoms with Crippen LogP contribution in [0.4, 0.5) is 5.69 Å². The summed E-state index contributed by atoms with van der Waals surface area (Å²) in [4.78, 5) is 15.7. The maximum absolute atomic E-state index is 13.4. The number of aryl methyl sites for hydroxylation is 2. The van der Waals surface area contributed by atoms with Gasteiger partial charge in [-0.2, -0.15) is 0 Å². The zero-order chi connectivity index (χ0) is 31.0. The molecule has 1 saturated carbocycles. The lowest BCUT2D eigenvalue weighted by Gasteiger charge is -2.49. The molecule has 0 radical (unpaired) electrons. The smallest absolute Gasteiger partial charge is 0.264 e. The molecule has 3 aromatic rings. The molecule has 1 aromatic heterocycles. The molecule has 1 spiro atoms. The first-order valence-corrected chi connectivity index (χ1v) is 17.6. The van der Waals surface area contributed by atoms with Gasteiger partial charge in [0.1, 0.15) is 18.6 Å². The molecule has 4 aliphatic rings. The minimum Gasteiger partial charge on any atom is -0.490 e. The van der Waals surface area contributed by atoms with Crippen molar-refractivity contribution in [2.75, 3.05) is 23.8 Å². The number of amides is 1. The Kier molecular flexibility index (Phi) is 8.11. The molecular weight excluding hydrogens is 592 g/mol. The molecule has 11 nitrogen and oxygen atoms in total. The van der Waals surface area contributed by atoms with Gasteiger partial charge in [0, 0.05) is 30.5 Å². The number of nitrogens with one attached hydrogen (secondary N) is 1. The third-order valence-corrected chi connectivity index (χ3v) is 11.4. The van der Waals surface area contributed by atoms with E-state index in [9.17, 15) is 13.2 Å². The van der Waals surface area contributed by atoms with E-state index in [2.05, 4.69) is 61.6 Å². The number of carbonyl (C=O) groups excluding carboxylic acids is 1. The van der Waals surface area contributed by atoms with Crippen LogP contribution in [0.3, 0.4) is 0 Å². The van der Waals surface area contributed by atoms with E-state index in [0.29, 0.717) is 43.5 Å². The number of nitrogens with zero attached hydrogens (tertiary/aromatic N) is 5. The lowest BCUT2D eigenvalue weighted by molar-refractivity contribution is -0.0572. The molecular formula is C33H40N6O5S. The van der Waals surface area contributed by atoms with Crippen LogP contribution in [0.15, 0.2) is 54.6 Å². The van der Waals surface area contributed by atoms with Crippen molar-refractivity contribution in [2.24, 2.45) is 18.9 Å². The fourth-order valence-corrected chi connectivity index (χ4v) is 8.54. The minimum atomic E-state index is -3.79. The molecule has 4 unspecified atom stereocenters. The molecule has 3 heterocycles. The number of hydrogen-bond acceptors (Lipinski definition) is 9. The minimum absolute atomic E-state index is 0.107. The normalized spacial score (nSPS) is 27.8. The Morgan fingerprint density at radius 3 is 2.84 bits per heavy atom. The van der Waals surface area contributed by atoms with Crippen LogP contribution in [0.25, 0.3) is 0 Å². The van der Waals surface area contributed by atoms with Crippen molar-refractivity contribution in [3.8, 4) is 5.75 Å². The second kappa shape index (κ2) is 12.2. The highest BCUT2D eigenvalue weighted by Gasteiger charge is 2.47. The molecule has 238 valence electrons. The van der Waals surface area contributed by atoms with Gasteiger partial charge in [0.25, 0.3) is 5.91 Å². The average molecular weight is 633 g/mol. The quantitative estimate of drug-likeness (QED) is 0.425. The first-order chi connectivity index (χ1) is 21.8. The Bertz CT molecular complexity index is 1710. The van der Waals surface area contributed by atoms with Crippen molar-refractivity contribution in [1.82, 2.24) is 24.9 Å². The van der Waals surface area contributed by atoms with E-state index in [0.717, 1.165) is 44.2 Å². The third kappa shape index (κ3) is 5.97. The maximum Gasteiger partial charge on any atom is 0.264 e. The van der Waals surface area contributed by atoms with Crippen LogP contribution >= 0.6 is 0 Å². The van der Waals surface area contributed by atoms with Crippen LogP contribution in [0.1, 0.15) is 72.3 Å². The summed E-state index contributed by atoms with van der Waals surface area (Å²) in [6.07, 6.45) is 11.0. The Labute approximate surface area is 264 Å². The molecule has 2 aliphatic carbocycles. The third-order valence-electron chi connectivity index (χ3n) is 10.1. The van der Waals surface area contributed by atoms with Gasteiger partial charge in [0.15, 0.2) is 5.82 Å².